The fraction of sp³-hybridized carbons (Fsp3) is 0.500. The van der Waals surface area contributed by atoms with E-state index in [1.807, 2.05) is 30.8 Å². The van der Waals surface area contributed by atoms with Gasteiger partial charge in [-0.3, -0.25) is 0 Å². The van der Waals surface area contributed by atoms with Crippen molar-refractivity contribution in [1.29, 1.82) is 0 Å². The molecule has 1 saturated heterocycles. The predicted octanol–water partition coefficient (Wildman–Crippen LogP) is 2.95. The zero-order valence-electron chi connectivity index (χ0n) is 10.9. The summed E-state index contributed by atoms with van der Waals surface area (Å²) in [6, 6.07) is 5.64. The van der Waals surface area contributed by atoms with Crippen LogP contribution in [0.4, 0.5) is 5.69 Å². The van der Waals surface area contributed by atoms with Crippen LogP contribution in [0.25, 0.3) is 0 Å². The van der Waals surface area contributed by atoms with E-state index in [1.54, 1.807) is 6.07 Å². The molecule has 1 aliphatic rings. The normalized spacial score (nSPS) is 18.7. The summed E-state index contributed by atoms with van der Waals surface area (Å²) in [4.78, 5) is 11.5. The van der Waals surface area contributed by atoms with Gasteiger partial charge in [-0.2, -0.15) is 11.8 Å². The fourth-order valence-electron chi connectivity index (χ4n) is 2.06. The summed E-state index contributed by atoms with van der Waals surface area (Å²) in [7, 11) is 1.41. The molecule has 1 unspecified atom stereocenters. The minimum absolute atomic E-state index is 0.283. The van der Waals surface area contributed by atoms with Crippen molar-refractivity contribution in [3.8, 4) is 0 Å². The molecule has 1 aromatic carbocycles. The molecule has 0 aromatic heterocycles. The maximum absolute atomic E-state index is 11.5. The third kappa shape index (κ3) is 3.19. The number of ether oxygens (including phenoxy) is 1. The molecule has 0 bridgehead atoms. The van der Waals surface area contributed by atoms with Crippen molar-refractivity contribution in [3.63, 3.8) is 0 Å². The summed E-state index contributed by atoms with van der Waals surface area (Å²) >= 11 is 2.02. The maximum Gasteiger partial charge on any atom is 0.337 e. The quantitative estimate of drug-likeness (QED) is 0.849. The predicted molar refractivity (Wildman–Crippen MR) is 76.4 cm³/mol. The molecule has 0 aliphatic carbocycles. The number of anilines is 1. The highest BCUT2D eigenvalue weighted by Gasteiger charge is 2.15. The first-order valence-corrected chi connectivity index (χ1v) is 7.36. The molecule has 0 amide bonds. The largest absolute Gasteiger partial charge is 0.465 e. The van der Waals surface area contributed by atoms with Gasteiger partial charge in [-0.15, -0.1) is 0 Å². The first kappa shape index (κ1) is 13.3. The zero-order valence-corrected chi connectivity index (χ0v) is 11.7. The van der Waals surface area contributed by atoms with Crippen LogP contribution in [0.5, 0.6) is 0 Å². The van der Waals surface area contributed by atoms with Gasteiger partial charge in [0.25, 0.3) is 0 Å². The number of esters is 1. The number of carbonyl (C=O) groups is 1. The van der Waals surface area contributed by atoms with Crippen LogP contribution in [0.2, 0.25) is 0 Å². The lowest BCUT2D eigenvalue weighted by atomic mass is 10.1. The molecule has 1 atom stereocenters. The van der Waals surface area contributed by atoms with Crippen LogP contribution in [0, 0.1) is 12.8 Å². The van der Waals surface area contributed by atoms with E-state index in [2.05, 4.69) is 5.32 Å². The molecular weight excluding hydrogens is 246 g/mol. The fourth-order valence-corrected chi connectivity index (χ4v) is 3.34. The van der Waals surface area contributed by atoms with Crippen molar-refractivity contribution in [3.05, 3.63) is 29.3 Å². The molecule has 1 N–H and O–H groups in total. The molecule has 98 valence electrons. The number of hydrogen-bond acceptors (Lipinski definition) is 4. The number of hydrogen-bond donors (Lipinski definition) is 1. The molecule has 1 aliphatic heterocycles. The van der Waals surface area contributed by atoms with E-state index in [-0.39, 0.29) is 5.97 Å². The first-order valence-electron chi connectivity index (χ1n) is 6.21. The second-order valence-electron chi connectivity index (χ2n) is 4.63. The van der Waals surface area contributed by atoms with Crippen LogP contribution in [-0.2, 0) is 4.74 Å². The Bertz CT molecular complexity index is 428. The van der Waals surface area contributed by atoms with Crippen molar-refractivity contribution < 1.29 is 9.53 Å². The van der Waals surface area contributed by atoms with Gasteiger partial charge in [0, 0.05) is 12.2 Å². The molecule has 1 fully saturated rings. The maximum atomic E-state index is 11.5. The van der Waals surface area contributed by atoms with Crippen molar-refractivity contribution in [2.45, 2.75) is 13.3 Å². The van der Waals surface area contributed by atoms with Gasteiger partial charge in [0.1, 0.15) is 0 Å². The molecule has 1 heterocycles. The van der Waals surface area contributed by atoms with Gasteiger partial charge in [0.15, 0.2) is 0 Å². The van der Waals surface area contributed by atoms with Gasteiger partial charge in [-0.25, -0.2) is 4.79 Å². The van der Waals surface area contributed by atoms with Crippen molar-refractivity contribution >= 4 is 23.4 Å². The standard InChI is InChI=1S/C14H19NO2S/c1-10-3-4-12(14(16)17-2)7-13(10)15-8-11-5-6-18-9-11/h3-4,7,11,15H,5-6,8-9H2,1-2H3. The van der Waals surface area contributed by atoms with E-state index in [0.29, 0.717) is 5.56 Å². The number of carbonyl (C=O) groups excluding carboxylic acids is 1. The van der Waals surface area contributed by atoms with Crippen LogP contribution in [-0.4, -0.2) is 31.1 Å². The highest BCUT2D eigenvalue weighted by Crippen LogP contribution is 2.25. The molecule has 18 heavy (non-hydrogen) atoms. The number of methoxy groups -OCH3 is 1. The van der Waals surface area contributed by atoms with E-state index in [0.717, 1.165) is 23.7 Å². The Morgan fingerprint density at radius 2 is 2.39 bits per heavy atom. The Kier molecular flexibility index (Phi) is 4.53. The Morgan fingerprint density at radius 3 is 3.06 bits per heavy atom. The molecule has 2 rings (SSSR count). The minimum Gasteiger partial charge on any atom is -0.465 e. The van der Waals surface area contributed by atoms with Crippen molar-refractivity contribution in [2.24, 2.45) is 5.92 Å². The zero-order chi connectivity index (χ0) is 13.0. The van der Waals surface area contributed by atoms with Crippen molar-refractivity contribution in [1.82, 2.24) is 0 Å². The highest BCUT2D eigenvalue weighted by atomic mass is 32.2. The molecule has 0 saturated carbocycles. The number of thioether (sulfide) groups is 1. The summed E-state index contributed by atoms with van der Waals surface area (Å²) in [6.45, 7) is 3.03. The van der Waals surface area contributed by atoms with Gasteiger partial charge in [-0.05, 0) is 48.5 Å². The lowest BCUT2D eigenvalue weighted by Crippen LogP contribution is -2.14. The van der Waals surface area contributed by atoms with Gasteiger partial charge in [0.05, 0.1) is 12.7 Å². The lowest BCUT2D eigenvalue weighted by Gasteiger charge is -2.14. The Balaban J connectivity index is 2.03. The van der Waals surface area contributed by atoms with E-state index in [9.17, 15) is 4.79 Å². The second kappa shape index (κ2) is 6.14. The van der Waals surface area contributed by atoms with Gasteiger partial charge in [-0.1, -0.05) is 6.07 Å². The number of benzene rings is 1. The summed E-state index contributed by atoms with van der Waals surface area (Å²) < 4.78 is 4.74. The summed E-state index contributed by atoms with van der Waals surface area (Å²) in [5.41, 5.74) is 2.80. The third-order valence-corrected chi connectivity index (χ3v) is 4.50. The molecule has 4 heteroatoms. The number of aryl methyl sites for hydroxylation is 1. The van der Waals surface area contributed by atoms with Gasteiger partial charge in [0.2, 0.25) is 0 Å². The monoisotopic (exact) mass is 265 g/mol. The second-order valence-corrected chi connectivity index (χ2v) is 5.78. The Hall–Kier alpha value is -1.16. The molecule has 0 spiro atoms. The van der Waals surface area contributed by atoms with E-state index >= 15 is 0 Å². The third-order valence-electron chi connectivity index (χ3n) is 3.26. The van der Waals surface area contributed by atoms with Gasteiger partial charge < -0.3 is 10.1 Å². The first-order chi connectivity index (χ1) is 8.70. The van der Waals surface area contributed by atoms with E-state index in [4.69, 9.17) is 4.74 Å². The van der Waals surface area contributed by atoms with Crippen LogP contribution in [0.3, 0.4) is 0 Å². The average molecular weight is 265 g/mol. The Labute approximate surface area is 112 Å². The van der Waals surface area contributed by atoms with Crippen LogP contribution in [0.15, 0.2) is 18.2 Å². The van der Waals surface area contributed by atoms with E-state index in [1.165, 1.54) is 25.0 Å². The summed E-state index contributed by atoms with van der Waals surface area (Å²) in [5, 5.41) is 3.45. The van der Waals surface area contributed by atoms with Gasteiger partial charge >= 0.3 is 5.97 Å². The number of rotatable bonds is 4. The Morgan fingerprint density at radius 1 is 1.56 bits per heavy atom. The molecular formula is C14H19NO2S. The summed E-state index contributed by atoms with van der Waals surface area (Å²) in [6.07, 6.45) is 1.29. The molecule has 3 nitrogen and oxygen atoms in total. The topological polar surface area (TPSA) is 38.3 Å². The SMILES string of the molecule is COC(=O)c1ccc(C)c(NCC2CCSC2)c1. The van der Waals surface area contributed by atoms with Crippen molar-refractivity contribution in [2.75, 3.05) is 30.5 Å². The smallest absolute Gasteiger partial charge is 0.337 e. The lowest BCUT2D eigenvalue weighted by molar-refractivity contribution is 0.0601. The average Bonchev–Trinajstić information content (AvgIpc) is 2.90. The minimum atomic E-state index is -0.283. The highest BCUT2D eigenvalue weighted by molar-refractivity contribution is 7.99. The van der Waals surface area contributed by atoms with E-state index < -0.39 is 0 Å². The number of nitrogens with one attached hydrogen (secondary N) is 1. The summed E-state index contributed by atoms with van der Waals surface area (Å²) in [5.74, 6) is 2.97. The van der Waals surface area contributed by atoms with Crippen LogP contribution >= 0.6 is 11.8 Å². The van der Waals surface area contributed by atoms with Crippen LogP contribution < -0.4 is 5.32 Å². The van der Waals surface area contributed by atoms with Crippen LogP contribution in [0.1, 0.15) is 22.3 Å². The molecule has 1 aromatic rings. The molecule has 0 radical (unpaired) electrons.